The first-order chi connectivity index (χ1) is 9.50. The molecule has 0 heterocycles. The molecule has 0 fully saturated rings. The molecule has 0 aromatic heterocycles. The molecule has 1 atom stereocenters. The second-order valence-corrected chi connectivity index (χ2v) is 4.47. The van der Waals surface area contributed by atoms with Gasteiger partial charge in [0, 0.05) is 12.1 Å². The lowest BCUT2D eigenvalue weighted by Crippen LogP contribution is -2.36. The third-order valence-corrected chi connectivity index (χ3v) is 3.10. The molecule has 0 saturated carbocycles. The zero-order valence-electron chi connectivity index (χ0n) is 10.4. The Morgan fingerprint density at radius 3 is 2.70 bits per heavy atom. The zero-order chi connectivity index (χ0) is 14.7. The minimum atomic E-state index is -1.45. The van der Waals surface area contributed by atoms with E-state index in [0.717, 1.165) is 12.5 Å². The number of nitro benzene ring substituents is 1. The standard InChI is InChI=1S/C13H12F2N2O3/c14-9-6-7-10(17(19)20)12(15)11(9)13(18)16-8-4-2-1-3-5-8/h1-2,6-8H,3-5H2,(H,16,18). The lowest BCUT2D eigenvalue weighted by molar-refractivity contribution is -0.387. The van der Waals surface area contributed by atoms with Gasteiger partial charge in [0.05, 0.1) is 4.92 Å². The second-order valence-electron chi connectivity index (χ2n) is 4.47. The predicted octanol–water partition coefficient (Wildman–Crippen LogP) is 2.71. The fraction of sp³-hybridized carbons (Fsp3) is 0.308. The zero-order valence-corrected chi connectivity index (χ0v) is 10.4. The van der Waals surface area contributed by atoms with Crippen LogP contribution in [0.1, 0.15) is 29.6 Å². The van der Waals surface area contributed by atoms with E-state index in [4.69, 9.17) is 0 Å². The van der Waals surface area contributed by atoms with Crippen LogP contribution in [0.3, 0.4) is 0 Å². The van der Waals surface area contributed by atoms with Crippen molar-refractivity contribution in [1.29, 1.82) is 0 Å². The molecule has 1 aliphatic carbocycles. The molecule has 1 aliphatic rings. The molecule has 0 spiro atoms. The Kier molecular flexibility index (Phi) is 4.07. The number of halogens is 2. The molecule has 20 heavy (non-hydrogen) atoms. The number of hydrogen-bond acceptors (Lipinski definition) is 3. The molecule has 1 N–H and O–H groups in total. The molecule has 5 nitrogen and oxygen atoms in total. The van der Waals surface area contributed by atoms with E-state index in [0.29, 0.717) is 18.9 Å². The first-order valence-electron chi connectivity index (χ1n) is 6.09. The van der Waals surface area contributed by atoms with Crippen molar-refractivity contribution < 1.29 is 18.5 Å². The summed E-state index contributed by atoms with van der Waals surface area (Å²) in [4.78, 5) is 21.5. The molecule has 0 bridgehead atoms. The third kappa shape index (κ3) is 2.81. The van der Waals surface area contributed by atoms with E-state index in [1.807, 2.05) is 12.2 Å². The number of benzene rings is 1. The summed E-state index contributed by atoms with van der Waals surface area (Å²) in [6, 6.07) is 1.20. The lowest BCUT2D eigenvalue weighted by atomic mass is 10.0. The largest absolute Gasteiger partial charge is 0.349 e. The highest BCUT2D eigenvalue weighted by atomic mass is 19.1. The van der Waals surface area contributed by atoms with Gasteiger partial charge in [-0.2, -0.15) is 4.39 Å². The average Bonchev–Trinajstić information content (AvgIpc) is 2.39. The maximum atomic E-state index is 13.8. The molecule has 0 saturated heterocycles. The van der Waals surface area contributed by atoms with Crippen LogP contribution < -0.4 is 5.32 Å². The Morgan fingerprint density at radius 2 is 2.10 bits per heavy atom. The SMILES string of the molecule is O=C(NC1CC=CCC1)c1c(F)ccc([N+](=O)[O-])c1F. The van der Waals surface area contributed by atoms with E-state index in [1.165, 1.54) is 0 Å². The number of nitrogens with one attached hydrogen (secondary N) is 1. The van der Waals surface area contributed by atoms with Gasteiger partial charge in [0.25, 0.3) is 5.91 Å². The van der Waals surface area contributed by atoms with E-state index in [1.54, 1.807) is 0 Å². The molecule has 2 rings (SSSR count). The Balaban J connectivity index is 2.27. The molecule has 1 unspecified atom stereocenters. The van der Waals surface area contributed by atoms with Gasteiger partial charge in [0.1, 0.15) is 11.4 Å². The minimum Gasteiger partial charge on any atom is -0.349 e. The van der Waals surface area contributed by atoms with Crippen molar-refractivity contribution in [2.24, 2.45) is 0 Å². The minimum absolute atomic E-state index is 0.217. The quantitative estimate of drug-likeness (QED) is 0.526. The van der Waals surface area contributed by atoms with Gasteiger partial charge in [-0.25, -0.2) is 4.39 Å². The van der Waals surface area contributed by atoms with Crippen LogP contribution in [-0.4, -0.2) is 16.9 Å². The highest BCUT2D eigenvalue weighted by Crippen LogP contribution is 2.23. The number of nitro groups is 1. The smallest absolute Gasteiger partial charge is 0.305 e. The maximum Gasteiger partial charge on any atom is 0.305 e. The van der Waals surface area contributed by atoms with Gasteiger partial charge in [0.2, 0.25) is 5.82 Å². The maximum absolute atomic E-state index is 13.8. The van der Waals surface area contributed by atoms with Gasteiger partial charge >= 0.3 is 5.69 Å². The number of hydrogen-bond donors (Lipinski definition) is 1. The number of allylic oxidation sites excluding steroid dienone is 1. The van der Waals surface area contributed by atoms with Crippen molar-refractivity contribution in [3.63, 3.8) is 0 Å². The Labute approximate surface area is 113 Å². The van der Waals surface area contributed by atoms with E-state index in [9.17, 15) is 23.7 Å². The van der Waals surface area contributed by atoms with Crippen molar-refractivity contribution in [2.45, 2.75) is 25.3 Å². The van der Waals surface area contributed by atoms with E-state index in [2.05, 4.69) is 5.32 Å². The van der Waals surface area contributed by atoms with Crippen LogP contribution in [0.2, 0.25) is 0 Å². The van der Waals surface area contributed by atoms with Crippen molar-refractivity contribution in [3.8, 4) is 0 Å². The van der Waals surface area contributed by atoms with Crippen LogP contribution in [0, 0.1) is 21.7 Å². The van der Waals surface area contributed by atoms with Gasteiger partial charge in [-0.1, -0.05) is 12.2 Å². The molecule has 1 aromatic rings. The second kappa shape index (κ2) is 5.77. The van der Waals surface area contributed by atoms with Gasteiger partial charge in [0.15, 0.2) is 0 Å². The molecular weight excluding hydrogens is 270 g/mol. The number of amides is 1. The summed E-state index contributed by atoms with van der Waals surface area (Å²) in [6.45, 7) is 0. The van der Waals surface area contributed by atoms with E-state index < -0.39 is 33.7 Å². The highest BCUT2D eigenvalue weighted by molar-refractivity contribution is 5.95. The number of rotatable bonds is 3. The first-order valence-corrected chi connectivity index (χ1v) is 6.09. The van der Waals surface area contributed by atoms with Crippen LogP contribution in [0.4, 0.5) is 14.5 Å². The summed E-state index contributed by atoms with van der Waals surface area (Å²) in [5.74, 6) is -3.53. The third-order valence-electron chi connectivity index (χ3n) is 3.10. The van der Waals surface area contributed by atoms with Crippen LogP contribution in [0.15, 0.2) is 24.3 Å². The molecule has 106 valence electrons. The van der Waals surface area contributed by atoms with Gasteiger partial charge in [-0.15, -0.1) is 0 Å². The highest BCUT2D eigenvalue weighted by Gasteiger charge is 2.27. The Hall–Kier alpha value is -2.31. The Bertz CT molecular complexity index is 587. The van der Waals surface area contributed by atoms with Crippen molar-refractivity contribution in [3.05, 3.63) is 51.6 Å². The van der Waals surface area contributed by atoms with Crippen LogP contribution in [0.5, 0.6) is 0 Å². The fourth-order valence-corrected chi connectivity index (χ4v) is 2.07. The Morgan fingerprint density at radius 1 is 1.35 bits per heavy atom. The molecule has 0 radical (unpaired) electrons. The summed E-state index contributed by atoms with van der Waals surface area (Å²) >= 11 is 0. The number of carbonyl (C=O) groups is 1. The fourth-order valence-electron chi connectivity index (χ4n) is 2.07. The molecule has 0 aliphatic heterocycles. The first kappa shape index (κ1) is 14.1. The monoisotopic (exact) mass is 282 g/mol. The van der Waals surface area contributed by atoms with Crippen molar-refractivity contribution in [1.82, 2.24) is 5.32 Å². The number of carbonyl (C=O) groups excluding carboxylic acids is 1. The normalized spacial score (nSPS) is 17.8. The molecule has 1 aromatic carbocycles. The molecule has 7 heteroatoms. The van der Waals surface area contributed by atoms with E-state index in [-0.39, 0.29) is 6.04 Å². The van der Waals surface area contributed by atoms with Crippen molar-refractivity contribution in [2.75, 3.05) is 0 Å². The lowest BCUT2D eigenvalue weighted by Gasteiger charge is -2.19. The van der Waals surface area contributed by atoms with Gasteiger partial charge in [-0.05, 0) is 25.3 Å². The van der Waals surface area contributed by atoms with Crippen LogP contribution >= 0.6 is 0 Å². The van der Waals surface area contributed by atoms with Crippen molar-refractivity contribution >= 4 is 11.6 Å². The molecular formula is C13H12F2N2O3. The van der Waals surface area contributed by atoms with Crippen LogP contribution in [0.25, 0.3) is 0 Å². The van der Waals surface area contributed by atoms with Crippen LogP contribution in [-0.2, 0) is 0 Å². The summed E-state index contributed by atoms with van der Waals surface area (Å²) in [5.41, 5.74) is -1.83. The summed E-state index contributed by atoms with van der Waals surface area (Å²) in [6.07, 6.45) is 5.83. The number of nitrogens with zero attached hydrogens (tertiary/aromatic N) is 1. The average molecular weight is 282 g/mol. The van der Waals surface area contributed by atoms with E-state index >= 15 is 0 Å². The summed E-state index contributed by atoms with van der Waals surface area (Å²) in [5, 5.41) is 13.1. The summed E-state index contributed by atoms with van der Waals surface area (Å²) < 4.78 is 27.4. The topological polar surface area (TPSA) is 72.2 Å². The summed E-state index contributed by atoms with van der Waals surface area (Å²) in [7, 11) is 0. The molecule has 1 amide bonds. The predicted molar refractivity (Wildman–Crippen MR) is 67.3 cm³/mol. The van der Waals surface area contributed by atoms with Gasteiger partial charge < -0.3 is 5.32 Å². The van der Waals surface area contributed by atoms with Gasteiger partial charge in [-0.3, -0.25) is 14.9 Å².